The lowest BCUT2D eigenvalue weighted by Crippen LogP contribution is -2.13. The van der Waals surface area contributed by atoms with Gasteiger partial charge in [-0.3, -0.25) is 0 Å². The van der Waals surface area contributed by atoms with E-state index in [2.05, 4.69) is 20.6 Å². The molecule has 106 valence electrons. The van der Waals surface area contributed by atoms with Gasteiger partial charge in [0.05, 0.1) is 0 Å². The number of nitrogens with zero attached hydrogens (tertiary/aromatic N) is 2. The summed E-state index contributed by atoms with van der Waals surface area (Å²) in [6.07, 6.45) is 0. The Morgan fingerprint density at radius 2 is 1.80 bits per heavy atom. The van der Waals surface area contributed by atoms with Gasteiger partial charge in [0.15, 0.2) is 11.6 Å². The van der Waals surface area contributed by atoms with E-state index in [1.54, 1.807) is 6.07 Å². The Balaban J connectivity index is 2.24. The summed E-state index contributed by atoms with van der Waals surface area (Å²) in [7, 11) is 0. The predicted molar refractivity (Wildman–Crippen MR) is 75.2 cm³/mol. The molecule has 1 aromatic heterocycles. The van der Waals surface area contributed by atoms with E-state index in [0.717, 1.165) is 17.8 Å². The first-order valence-corrected chi connectivity index (χ1v) is 6.28. The second-order valence-electron chi connectivity index (χ2n) is 4.77. The minimum atomic E-state index is -0.902. The molecule has 0 aliphatic heterocycles. The molecule has 0 aliphatic carbocycles. The summed E-state index contributed by atoms with van der Waals surface area (Å²) in [6, 6.07) is 5.53. The molecular weight excluding hydrogens is 262 g/mol. The zero-order valence-electron chi connectivity index (χ0n) is 11.5. The molecule has 20 heavy (non-hydrogen) atoms. The van der Waals surface area contributed by atoms with Crippen LogP contribution in [-0.4, -0.2) is 16.0 Å². The molecule has 2 aromatic rings. The van der Waals surface area contributed by atoms with Crippen molar-refractivity contribution >= 4 is 17.5 Å². The number of rotatable bonds is 4. The molecule has 1 heterocycles. The number of aromatic nitrogens is 2. The van der Waals surface area contributed by atoms with Crippen LogP contribution in [0.3, 0.4) is 0 Å². The Bertz CT molecular complexity index is 614. The Kier molecular flexibility index (Phi) is 4.12. The number of anilines is 3. The SMILES string of the molecule is Cc1cc(Nc2ccc(F)c(F)c2)nc(NC(C)C)n1. The molecule has 0 aliphatic rings. The van der Waals surface area contributed by atoms with Gasteiger partial charge in [-0.15, -0.1) is 0 Å². The average molecular weight is 278 g/mol. The Hall–Kier alpha value is -2.24. The van der Waals surface area contributed by atoms with E-state index in [9.17, 15) is 8.78 Å². The van der Waals surface area contributed by atoms with Gasteiger partial charge >= 0.3 is 0 Å². The van der Waals surface area contributed by atoms with Gasteiger partial charge in [-0.1, -0.05) is 0 Å². The second-order valence-corrected chi connectivity index (χ2v) is 4.77. The highest BCUT2D eigenvalue weighted by molar-refractivity contribution is 5.57. The van der Waals surface area contributed by atoms with Crippen LogP contribution in [0.5, 0.6) is 0 Å². The van der Waals surface area contributed by atoms with Crippen molar-refractivity contribution in [1.29, 1.82) is 0 Å². The van der Waals surface area contributed by atoms with Gasteiger partial charge < -0.3 is 10.6 Å². The third-order valence-corrected chi connectivity index (χ3v) is 2.46. The highest BCUT2D eigenvalue weighted by Crippen LogP contribution is 2.19. The van der Waals surface area contributed by atoms with Gasteiger partial charge in [0, 0.05) is 29.6 Å². The van der Waals surface area contributed by atoms with Crippen molar-refractivity contribution in [3.8, 4) is 0 Å². The lowest BCUT2D eigenvalue weighted by atomic mass is 10.3. The third-order valence-electron chi connectivity index (χ3n) is 2.46. The predicted octanol–water partition coefficient (Wildman–Crippen LogP) is 3.63. The minimum Gasteiger partial charge on any atom is -0.352 e. The van der Waals surface area contributed by atoms with Crippen LogP contribution in [0.15, 0.2) is 24.3 Å². The normalized spacial score (nSPS) is 10.7. The van der Waals surface area contributed by atoms with E-state index in [0.29, 0.717) is 17.5 Å². The number of halogens is 2. The molecule has 0 bridgehead atoms. The zero-order valence-corrected chi connectivity index (χ0v) is 11.5. The van der Waals surface area contributed by atoms with E-state index in [-0.39, 0.29) is 6.04 Å². The van der Waals surface area contributed by atoms with Gasteiger partial charge in [0.25, 0.3) is 0 Å². The van der Waals surface area contributed by atoms with Crippen molar-refractivity contribution in [3.05, 3.63) is 41.6 Å². The number of hydrogen-bond donors (Lipinski definition) is 2. The van der Waals surface area contributed by atoms with Gasteiger partial charge in [0.1, 0.15) is 5.82 Å². The smallest absolute Gasteiger partial charge is 0.225 e. The minimum absolute atomic E-state index is 0.202. The Morgan fingerprint density at radius 3 is 2.45 bits per heavy atom. The quantitative estimate of drug-likeness (QED) is 0.896. The number of benzene rings is 1. The van der Waals surface area contributed by atoms with Crippen molar-refractivity contribution in [2.24, 2.45) is 0 Å². The molecule has 0 saturated heterocycles. The fourth-order valence-electron chi connectivity index (χ4n) is 1.68. The van der Waals surface area contributed by atoms with Gasteiger partial charge in [-0.25, -0.2) is 13.8 Å². The third kappa shape index (κ3) is 3.63. The molecule has 0 spiro atoms. The van der Waals surface area contributed by atoms with E-state index in [4.69, 9.17) is 0 Å². The van der Waals surface area contributed by atoms with E-state index in [1.165, 1.54) is 6.07 Å². The maximum absolute atomic E-state index is 13.2. The first-order valence-electron chi connectivity index (χ1n) is 6.28. The molecule has 0 atom stereocenters. The fourth-order valence-corrected chi connectivity index (χ4v) is 1.68. The largest absolute Gasteiger partial charge is 0.352 e. The van der Waals surface area contributed by atoms with Gasteiger partial charge in [0.2, 0.25) is 5.95 Å². The van der Waals surface area contributed by atoms with E-state index < -0.39 is 11.6 Å². The molecule has 6 heteroatoms. The van der Waals surface area contributed by atoms with Crippen LogP contribution >= 0.6 is 0 Å². The Labute approximate surface area is 116 Å². The van der Waals surface area contributed by atoms with Crippen molar-refractivity contribution in [3.63, 3.8) is 0 Å². The molecule has 0 saturated carbocycles. The van der Waals surface area contributed by atoms with Crippen LogP contribution in [0, 0.1) is 18.6 Å². The summed E-state index contributed by atoms with van der Waals surface area (Å²) in [4.78, 5) is 8.52. The molecule has 4 nitrogen and oxygen atoms in total. The van der Waals surface area contributed by atoms with Crippen LogP contribution < -0.4 is 10.6 Å². The average Bonchev–Trinajstić information content (AvgIpc) is 2.32. The lowest BCUT2D eigenvalue weighted by Gasteiger charge is -2.11. The van der Waals surface area contributed by atoms with Gasteiger partial charge in [-0.05, 0) is 32.9 Å². The van der Waals surface area contributed by atoms with Crippen molar-refractivity contribution in [1.82, 2.24) is 9.97 Å². The van der Waals surface area contributed by atoms with E-state index >= 15 is 0 Å². The van der Waals surface area contributed by atoms with Crippen LogP contribution in [0.25, 0.3) is 0 Å². The molecule has 0 fully saturated rings. The van der Waals surface area contributed by atoms with Crippen LogP contribution in [0.2, 0.25) is 0 Å². The molecule has 0 radical (unpaired) electrons. The molecule has 0 amide bonds. The first-order chi connectivity index (χ1) is 9.44. The molecule has 2 N–H and O–H groups in total. The summed E-state index contributed by atoms with van der Waals surface area (Å²) >= 11 is 0. The Morgan fingerprint density at radius 1 is 1.05 bits per heavy atom. The zero-order chi connectivity index (χ0) is 14.7. The topological polar surface area (TPSA) is 49.8 Å². The fraction of sp³-hybridized carbons (Fsp3) is 0.286. The van der Waals surface area contributed by atoms with Gasteiger partial charge in [-0.2, -0.15) is 4.98 Å². The molecule has 0 unspecified atom stereocenters. The number of nitrogens with one attached hydrogen (secondary N) is 2. The van der Waals surface area contributed by atoms with Crippen molar-refractivity contribution in [2.75, 3.05) is 10.6 Å². The first kappa shape index (κ1) is 14.2. The van der Waals surface area contributed by atoms with Crippen LogP contribution in [-0.2, 0) is 0 Å². The number of hydrogen-bond acceptors (Lipinski definition) is 4. The van der Waals surface area contributed by atoms with Crippen molar-refractivity contribution < 1.29 is 8.78 Å². The lowest BCUT2D eigenvalue weighted by molar-refractivity contribution is 0.509. The second kappa shape index (κ2) is 5.81. The molecule has 2 rings (SSSR count). The highest BCUT2D eigenvalue weighted by Gasteiger charge is 2.06. The summed E-state index contributed by atoms with van der Waals surface area (Å²) in [6.45, 7) is 5.80. The standard InChI is InChI=1S/C14H16F2N4/c1-8(2)17-14-18-9(3)6-13(20-14)19-10-4-5-11(15)12(16)7-10/h4-8H,1-3H3,(H2,17,18,19,20). The number of aryl methyl sites for hydroxylation is 1. The van der Waals surface area contributed by atoms with Crippen LogP contribution in [0.1, 0.15) is 19.5 Å². The highest BCUT2D eigenvalue weighted by atomic mass is 19.2. The summed E-state index contributed by atoms with van der Waals surface area (Å²) in [5.41, 5.74) is 1.20. The molecule has 1 aromatic carbocycles. The van der Waals surface area contributed by atoms with E-state index in [1.807, 2.05) is 20.8 Å². The summed E-state index contributed by atoms with van der Waals surface area (Å²) in [5, 5.41) is 6.02. The summed E-state index contributed by atoms with van der Waals surface area (Å²) in [5.74, 6) is -0.769. The van der Waals surface area contributed by atoms with Crippen molar-refractivity contribution in [2.45, 2.75) is 26.8 Å². The maximum atomic E-state index is 13.2. The molecular formula is C14H16F2N4. The van der Waals surface area contributed by atoms with Crippen LogP contribution in [0.4, 0.5) is 26.2 Å². The summed E-state index contributed by atoms with van der Waals surface area (Å²) < 4.78 is 26.0. The monoisotopic (exact) mass is 278 g/mol. The maximum Gasteiger partial charge on any atom is 0.225 e.